The number of methoxy groups -OCH3 is 1. The van der Waals surface area contributed by atoms with Crippen molar-refractivity contribution in [1.82, 2.24) is 4.98 Å². The normalized spacial score (nSPS) is 11.0. The largest absolute Gasteiger partial charge is 0.496 e. The van der Waals surface area contributed by atoms with Gasteiger partial charge in [0.05, 0.1) is 22.8 Å². The molecule has 1 heterocycles. The van der Waals surface area contributed by atoms with Crippen LogP contribution in [0.4, 0.5) is 0 Å². The first kappa shape index (κ1) is 8.68. The van der Waals surface area contributed by atoms with E-state index in [1.807, 2.05) is 17.6 Å². The van der Waals surface area contributed by atoms with Crippen molar-refractivity contribution in [2.75, 3.05) is 7.11 Å². The van der Waals surface area contributed by atoms with Crippen molar-refractivity contribution in [3.8, 4) is 5.75 Å². The Labute approximate surface area is 91.1 Å². The van der Waals surface area contributed by atoms with Gasteiger partial charge >= 0.3 is 0 Å². The molecule has 0 fully saturated rings. The van der Waals surface area contributed by atoms with Crippen molar-refractivity contribution in [3.63, 3.8) is 0 Å². The first-order valence-corrected chi connectivity index (χ1v) is 5.56. The summed E-state index contributed by atoms with van der Waals surface area (Å²) >= 11 is 1.66. The number of nitrogens with zero attached hydrogens (tertiary/aromatic N) is 1. The second-order valence-electron chi connectivity index (χ2n) is 3.35. The highest BCUT2D eigenvalue weighted by molar-refractivity contribution is 7.16. The summed E-state index contributed by atoms with van der Waals surface area (Å²) in [7, 11) is 1.69. The van der Waals surface area contributed by atoms with Crippen LogP contribution in [0.5, 0.6) is 5.75 Å². The van der Waals surface area contributed by atoms with Crippen molar-refractivity contribution in [1.29, 1.82) is 0 Å². The molecule has 0 aliphatic heterocycles. The van der Waals surface area contributed by atoms with Crippen LogP contribution >= 0.6 is 11.3 Å². The lowest BCUT2D eigenvalue weighted by Crippen LogP contribution is -1.84. The summed E-state index contributed by atoms with van der Waals surface area (Å²) < 4.78 is 6.55. The molecule has 15 heavy (non-hydrogen) atoms. The van der Waals surface area contributed by atoms with E-state index in [1.165, 1.54) is 10.1 Å². The van der Waals surface area contributed by atoms with Gasteiger partial charge in [0, 0.05) is 5.39 Å². The lowest BCUT2D eigenvalue weighted by atomic mass is 10.1. The minimum atomic E-state index is 0.905. The second kappa shape index (κ2) is 3.21. The first-order chi connectivity index (χ1) is 7.38. The van der Waals surface area contributed by atoms with Crippen molar-refractivity contribution in [2.45, 2.75) is 0 Å². The Morgan fingerprint density at radius 1 is 1.27 bits per heavy atom. The number of thiazole rings is 1. The zero-order valence-corrected chi connectivity index (χ0v) is 9.04. The van der Waals surface area contributed by atoms with E-state index in [1.54, 1.807) is 18.4 Å². The lowest BCUT2D eigenvalue weighted by molar-refractivity contribution is 0.420. The first-order valence-electron chi connectivity index (χ1n) is 4.68. The molecule has 3 heteroatoms. The van der Waals surface area contributed by atoms with E-state index >= 15 is 0 Å². The van der Waals surface area contributed by atoms with Gasteiger partial charge in [0.15, 0.2) is 0 Å². The lowest BCUT2D eigenvalue weighted by Gasteiger charge is -2.04. The van der Waals surface area contributed by atoms with Gasteiger partial charge in [0.2, 0.25) is 0 Å². The molecule has 0 N–H and O–H groups in total. The van der Waals surface area contributed by atoms with Gasteiger partial charge < -0.3 is 4.74 Å². The Balaban J connectivity index is 2.48. The zero-order valence-electron chi connectivity index (χ0n) is 8.23. The van der Waals surface area contributed by atoms with E-state index in [4.69, 9.17) is 4.74 Å². The Bertz CT molecular complexity index is 630. The van der Waals surface area contributed by atoms with Crippen molar-refractivity contribution in [2.24, 2.45) is 0 Å². The molecule has 0 spiro atoms. The molecule has 0 radical (unpaired) electrons. The third-order valence-electron chi connectivity index (χ3n) is 2.51. The summed E-state index contributed by atoms with van der Waals surface area (Å²) in [6.07, 6.45) is 0. The number of fused-ring (bicyclic) bond motifs is 2. The summed E-state index contributed by atoms with van der Waals surface area (Å²) in [5, 5.41) is 2.32. The summed E-state index contributed by atoms with van der Waals surface area (Å²) in [6, 6.07) is 10.3. The number of hydrogen-bond acceptors (Lipinski definition) is 3. The topological polar surface area (TPSA) is 22.1 Å². The molecule has 0 unspecified atom stereocenters. The summed E-state index contributed by atoms with van der Waals surface area (Å²) in [6.45, 7) is 0. The van der Waals surface area contributed by atoms with Crippen LogP contribution in [0.25, 0.3) is 21.0 Å². The number of benzene rings is 2. The highest BCUT2D eigenvalue weighted by atomic mass is 32.1. The SMILES string of the molecule is COc1cccc2cc3scnc3cc12. The zero-order chi connectivity index (χ0) is 10.3. The summed E-state index contributed by atoms with van der Waals surface area (Å²) in [5.74, 6) is 0.905. The van der Waals surface area contributed by atoms with Crippen molar-refractivity contribution in [3.05, 3.63) is 35.8 Å². The maximum absolute atomic E-state index is 5.33. The Hall–Kier alpha value is -1.61. The van der Waals surface area contributed by atoms with Crippen LogP contribution in [-0.4, -0.2) is 12.1 Å². The molecule has 2 nitrogen and oxygen atoms in total. The van der Waals surface area contributed by atoms with Crippen LogP contribution in [0.2, 0.25) is 0 Å². The fourth-order valence-electron chi connectivity index (χ4n) is 1.78. The standard InChI is InChI=1S/C12H9NOS/c1-14-11-4-2-3-8-5-12-10(6-9(8)11)13-7-15-12/h2-7H,1H3. The van der Waals surface area contributed by atoms with E-state index in [2.05, 4.69) is 23.2 Å². The Morgan fingerprint density at radius 3 is 3.07 bits per heavy atom. The van der Waals surface area contributed by atoms with Gasteiger partial charge in [0.25, 0.3) is 0 Å². The molecule has 0 saturated heterocycles. The number of rotatable bonds is 1. The Morgan fingerprint density at radius 2 is 2.20 bits per heavy atom. The minimum Gasteiger partial charge on any atom is -0.496 e. The number of aromatic nitrogens is 1. The molecular formula is C12H9NOS. The molecular weight excluding hydrogens is 206 g/mol. The molecule has 3 aromatic rings. The second-order valence-corrected chi connectivity index (χ2v) is 4.24. The van der Waals surface area contributed by atoms with E-state index in [9.17, 15) is 0 Å². The van der Waals surface area contributed by atoms with Crippen LogP contribution in [0.1, 0.15) is 0 Å². The molecule has 0 atom stereocenters. The van der Waals surface area contributed by atoms with Gasteiger partial charge in [0.1, 0.15) is 5.75 Å². The minimum absolute atomic E-state index is 0.905. The summed E-state index contributed by atoms with van der Waals surface area (Å²) in [4.78, 5) is 4.31. The molecule has 74 valence electrons. The maximum Gasteiger partial charge on any atom is 0.126 e. The van der Waals surface area contributed by atoms with Crippen LogP contribution < -0.4 is 4.74 Å². The molecule has 0 aliphatic rings. The van der Waals surface area contributed by atoms with E-state index in [-0.39, 0.29) is 0 Å². The average molecular weight is 215 g/mol. The third-order valence-corrected chi connectivity index (χ3v) is 3.30. The van der Waals surface area contributed by atoms with Crippen LogP contribution in [0.15, 0.2) is 35.8 Å². The van der Waals surface area contributed by atoms with Gasteiger partial charge in [-0.1, -0.05) is 12.1 Å². The predicted molar refractivity (Wildman–Crippen MR) is 63.7 cm³/mol. The fourth-order valence-corrected chi connectivity index (χ4v) is 2.48. The van der Waals surface area contributed by atoms with Crippen LogP contribution in [0, 0.1) is 0 Å². The van der Waals surface area contributed by atoms with E-state index in [0.717, 1.165) is 16.7 Å². The maximum atomic E-state index is 5.33. The molecule has 0 bridgehead atoms. The Kier molecular flexibility index (Phi) is 1.86. The molecule has 2 aromatic carbocycles. The third kappa shape index (κ3) is 1.27. The number of ether oxygens (including phenoxy) is 1. The molecule has 1 aromatic heterocycles. The van der Waals surface area contributed by atoms with Gasteiger partial charge in [-0.2, -0.15) is 0 Å². The molecule has 0 aliphatic carbocycles. The fraction of sp³-hybridized carbons (Fsp3) is 0.0833. The predicted octanol–water partition coefficient (Wildman–Crippen LogP) is 3.46. The molecule has 0 amide bonds. The highest BCUT2D eigenvalue weighted by Gasteiger charge is 2.04. The smallest absolute Gasteiger partial charge is 0.126 e. The summed E-state index contributed by atoms with van der Waals surface area (Å²) in [5.41, 5.74) is 2.91. The highest BCUT2D eigenvalue weighted by Crippen LogP contribution is 2.30. The quantitative estimate of drug-likeness (QED) is 0.620. The van der Waals surface area contributed by atoms with Crippen molar-refractivity contribution < 1.29 is 4.74 Å². The van der Waals surface area contributed by atoms with E-state index in [0.29, 0.717) is 0 Å². The van der Waals surface area contributed by atoms with Crippen molar-refractivity contribution >= 4 is 32.3 Å². The van der Waals surface area contributed by atoms with Gasteiger partial charge in [-0.25, -0.2) is 4.98 Å². The monoisotopic (exact) mass is 215 g/mol. The molecule has 0 saturated carbocycles. The van der Waals surface area contributed by atoms with Crippen LogP contribution in [0.3, 0.4) is 0 Å². The van der Waals surface area contributed by atoms with Crippen LogP contribution in [-0.2, 0) is 0 Å². The van der Waals surface area contributed by atoms with Gasteiger partial charge in [-0.15, -0.1) is 11.3 Å². The molecule has 3 rings (SSSR count). The van der Waals surface area contributed by atoms with Gasteiger partial charge in [-0.3, -0.25) is 0 Å². The number of hydrogen-bond donors (Lipinski definition) is 0. The average Bonchev–Trinajstić information content (AvgIpc) is 2.72. The van der Waals surface area contributed by atoms with E-state index < -0.39 is 0 Å². The van der Waals surface area contributed by atoms with Gasteiger partial charge in [-0.05, 0) is 23.6 Å².